The zero-order valence-corrected chi connectivity index (χ0v) is 17.6. The smallest absolute Gasteiger partial charge is 0.307 e. The van der Waals surface area contributed by atoms with Crippen LogP contribution in [0.25, 0.3) is 0 Å². The van der Waals surface area contributed by atoms with Crippen molar-refractivity contribution >= 4 is 39.8 Å². The summed E-state index contributed by atoms with van der Waals surface area (Å²) < 4.78 is 0. The molecule has 6 nitrogen and oxygen atoms in total. The molecule has 1 aromatic carbocycles. The maximum absolute atomic E-state index is 13.1. The lowest BCUT2D eigenvalue weighted by atomic mass is 9.82. The zero-order chi connectivity index (χ0) is 21.4. The molecule has 0 radical (unpaired) electrons. The molecule has 2 amide bonds. The van der Waals surface area contributed by atoms with Crippen molar-refractivity contribution < 1.29 is 19.5 Å². The van der Waals surface area contributed by atoms with Crippen LogP contribution in [-0.4, -0.2) is 22.9 Å². The Morgan fingerprint density at radius 1 is 1.03 bits per heavy atom. The van der Waals surface area contributed by atoms with E-state index in [1.165, 1.54) is 11.3 Å². The first kappa shape index (κ1) is 20.3. The van der Waals surface area contributed by atoms with E-state index in [2.05, 4.69) is 10.6 Å². The van der Waals surface area contributed by atoms with Crippen molar-refractivity contribution in [3.63, 3.8) is 0 Å². The van der Waals surface area contributed by atoms with Crippen molar-refractivity contribution in [3.8, 4) is 0 Å². The number of hydrogen-bond acceptors (Lipinski definition) is 4. The molecule has 7 heteroatoms. The normalized spacial score (nSPS) is 24.2. The topological polar surface area (TPSA) is 95.5 Å². The van der Waals surface area contributed by atoms with Gasteiger partial charge in [0.1, 0.15) is 5.00 Å². The second kappa shape index (κ2) is 8.07. The predicted molar refractivity (Wildman–Crippen MR) is 117 cm³/mol. The Morgan fingerprint density at radius 2 is 1.70 bits per heavy atom. The van der Waals surface area contributed by atoms with Crippen molar-refractivity contribution in [3.05, 3.63) is 59.0 Å². The molecular weight excluding hydrogens is 400 g/mol. The first-order valence-electron chi connectivity index (χ1n) is 10.1. The van der Waals surface area contributed by atoms with Crippen molar-refractivity contribution in [2.45, 2.75) is 26.2 Å². The van der Waals surface area contributed by atoms with E-state index >= 15 is 0 Å². The zero-order valence-electron chi connectivity index (χ0n) is 16.8. The van der Waals surface area contributed by atoms with Crippen LogP contribution in [0.1, 0.15) is 41.4 Å². The van der Waals surface area contributed by atoms with Crippen LogP contribution in [-0.2, 0) is 9.59 Å². The molecule has 2 bridgehead atoms. The van der Waals surface area contributed by atoms with E-state index < -0.39 is 17.8 Å². The number of hydrogen-bond donors (Lipinski definition) is 3. The van der Waals surface area contributed by atoms with Gasteiger partial charge in [-0.05, 0) is 42.4 Å². The Labute approximate surface area is 179 Å². The maximum atomic E-state index is 13.1. The Morgan fingerprint density at radius 3 is 2.33 bits per heavy atom. The van der Waals surface area contributed by atoms with Crippen LogP contribution in [0.15, 0.2) is 48.6 Å². The minimum Gasteiger partial charge on any atom is -0.481 e. The number of aliphatic carboxylic acids is 1. The number of thiophene rings is 1. The summed E-state index contributed by atoms with van der Waals surface area (Å²) in [5.74, 6) is -2.88. The Balaban J connectivity index is 1.59. The Kier molecular flexibility index (Phi) is 5.47. The van der Waals surface area contributed by atoms with Gasteiger partial charge in [-0.25, -0.2) is 0 Å². The summed E-state index contributed by atoms with van der Waals surface area (Å²) >= 11 is 1.37. The molecule has 3 N–H and O–H groups in total. The number of carbonyl (C=O) groups excluding carboxylic acids is 2. The molecular formula is C23H24N2O4S. The Hall–Kier alpha value is -2.93. The first-order valence-corrected chi connectivity index (χ1v) is 10.9. The van der Waals surface area contributed by atoms with E-state index in [0.29, 0.717) is 22.7 Å². The number of para-hydroxylation sites is 1. The number of benzene rings is 1. The van der Waals surface area contributed by atoms with E-state index in [0.717, 1.165) is 4.88 Å². The number of nitrogens with one attached hydrogen (secondary N) is 2. The summed E-state index contributed by atoms with van der Waals surface area (Å²) in [6.45, 7) is 4.05. The third-order valence-electron chi connectivity index (χ3n) is 5.88. The van der Waals surface area contributed by atoms with Crippen molar-refractivity contribution in [2.24, 2.45) is 23.7 Å². The SMILES string of the molecule is CC(C)c1cc(C(=O)Nc2ccccc2)c(NC(=O)[C@H]2[C@@H](C(=O)O)[C@H]3C=C[C@H]2C3)s1. The van der Waals surface area contributed by atoms with Crippen molar-refractivity contribution in [1.82, 2.24) is 0 Å². The second-order valence-electron chi connectivity index (χ2n) is 8.19. The lowest BCUT2D eigenvalue weighted by molar-refractivity contribution is -0.146. The highest BCUT2D eigenvalue weighted by Crippen LogP contribution is 2.48. The Bertz CT molecular complexity index is 1010. The molecule has 0 saturated heterocycles. The van der Waals surface area contributed by atoms with Crippen LogP contribution in [0.5, 0.6) is 0 Å². The monoisotopic (exact) mass is 424 g/mol. The van der Waals surface area contributed by atoms with Gasteiger partial charge in [0.25, 0.3) is 5.91 Å². The average molecular weight is 425 g/mol. The molecule has 30 heavy (non-hydrogen) atoms. The average Bonchev–Trinajstić information content (AvgIpc) is 3.42. The number of rotatable bonds is 6. The van der Waals surface area contributed by atoms with Gasteiger partial charge in [-0.15, -0.1) is 11.3 Å². The number of fused-ring (bicyclic) bond motifs is 2. The maximum Gasteiger partial charge on any atom is 0.307 e. The van der Waals surface area contributed by atoms with Crippen molar-refractivity contribution in [1.29, 1.82) is 0 Å². The van der Waals surface area contributed by atoms with E-state index in [1.54, 1.807) is 18.2 Å². The first-order chi connectivity index (χ1) is 14.3. The van der Waals surface area contributed by atoms with Gasteiger partial charge in [0.05, 0.1) is 17.4 Å². The summed E-state index contributed by atoms with van der Waals surface area (Å²) in [4.78, 5) is 38.7. The fourth-order valence-electron chi connectivity index (χ4n) is 4.39. The van der Waals surface area contributed by atoms with E-state index in [1.807, 2.05) is 44.2 Å². The van der Waals surface area contributed by atoms with Gasteiger partial charge in [0, 0.05) is 10.6 Å². The third kappa shape index (κ3) is 3.77. The number of allylic oxidation sites excluding steroid dienone is 2. The van der Waals surface area contributed by atoms with Crippen LogP contribution in [0.3, 0.4) is 0 Å². The van der Waals surface area contributed by atoms with E-state index in [9.17, 15) is 19.5 Å². The molecule has 156 valence electrons. The molecule has 1 aromatic heterocycles. The lowest BCUT2D eigenvalue weighted by Crippen LogP contribution is -2.36. The van der Waals surface area contributed by atoms with Crippen LogP contribution < -0.4 is 10.6 Å². The van der Waals surface area contributed by atoms with Gasteiger partial charge < -0.3 is 15.7 Å². The minimum atomic E-state index is -0.942. The fourth-order valence-corrected chi connectivity index (χ4v) is 5.45. The molecule has 2 aliphatic carbocycles. The van der Waals surface area contributed by atoms with Gasteiger partial charge >= 0.3 is 5.97 Å². The number of amides is 2. The standard InChI is InChI=1S/C23H24N2O4S/c1-12(2)17-11-16(20(26)24-15-6-4-3-5-7-15)22(30-17)25-21(27)18-13-8-9-14(10-13)19(18)23(28)29/h3-9,11-14,18-19H,10H2,1-2H3,(H,24,26)(H,25,27)(H,28,29)/t13-,14-,18+,19-/m0/s1. The molecule has 1 heterocycles. The molecule has 4 rings (SSSR count). The van der Waals surface area contributed by atoms with Crippen LogP contribution in [0.2, 0.25) is 0 Å². The summed E-state index contributed by atoms with van der Waals surface area (Å²) in [6, 6.07) is 10.9. The molecule has 1 fully saturated rings. The summed E-state index contributed by atoms with van der Waals surface area (Å²) in [5, 5.41) is 15.8. The number of carbonyl (C=O) groups is 3. The molecule has 2 aromatic rings. The van der Waals surface area contributed by atoms with E-state index in [4.69, 9.17) is 0 Å². The van der Waals surface area contributed by atoms with Gasteiger partial charge in [0.2, 0.25) is 5.91 Å². The molecule has 1 saturated carbocycles. The van der Waals surface area contributed by atoms with Crippen molar-refractivity contribution in [2.75, 3.05) is 10.6 Å². The molecule has 0 aliphatic heterocycles. The molecule has 0 unspecified atom stereocenters. The summed E-state index contributed by atoms with van der Waals surface area (Å²) in [5.41, 5.74) is 1.06. The highest BCUT2D eigenvalue weighted by molar-refractivity contribution is 7.16. The van der Waals surface area contributed by atoms with Gasteiger partial charge in [-0.2, -0.15) is 0 Å². The van der Waals surface area contributed by atoms with Crippen LogP contribution in [0, 0.1) is 23.7 Å². The quantitative estimate of drug-likeness (QED) is 0.591. The number of carboxylic acid groups (broad SMARTS) is 1. The van der Waals surface area contributed by atoms with Gasteiger partial charge in [0.15, 0.2) is 0 Å². The van der Waals surface area contributed by atoms with Crippen LogP contribution in [0.4, 0.5) is 10.7 Å². The van der Waals surface area contributed by atoms with Gasteiger partial charge in [-0.3, -0.25) is 14.4 Å². The fraction of sp³-hybridized carbons (Fsp3) is 0.348. The summed E-state index contributed by atoms with van der Waals surface area (Å²) in [6.07, 6.45) is 4.55. The predicted octanol–water partition coefficient (Wildman–Crippen LogP) is 4.59. The third-order valence-corrected chi connectivity index (χ3v) is 7.23. The highest BCUT2D eigenvalue weighted by atomic mass is 32.1. The molecule has 2 aliphatic rings. The van der Waals surface area contributed by atoms with E-state index in [-0.39, 0.29) is 29.6 Å². The van der Waals surface area contributed by atoms with Crippen LogP contribution >= 0.6 is 11.3 Å². The molecule has 4 atom stereocenters. The largest absolute Gasteiger partial charge is 0.481 e. The second-order valence-corrected chi connectivity index (χ2v) is 9.28. The highest BCUT2D eigenvalue weighted by Gasteiger charge is 2.51. The number of carboxylic acids is 1. The summed E-state index contributed by atoms with van der Waals surface area (Å²) in [7, 11) is 0. The lowest BCUT2D eigenvalue weighted by Gasteiger charge is -2.23. The number of anilines is 2. The molecule has 0 spiro atoms. The van der Waals surface area contributed by atoms with Gasteiger partial charge in [-0.1, -0.05) is 44.2 Å². The minimum absolute atomic E-state index is 0.0674.